The molecule has 1 amide bonds. The minimum Gasteiger partial charge on any atom is -0.475 e. The van der Waals surface area contributed by atoms with Crippen molar-refractivity contribution in [3.05, 3.63) is 146 Å². The number of carbonyl (C=O) groups excluding carboxylic acids is 2. The Morgan fingerprint density at radius 3 is 2.00 bits per heavy atom. The molecule has 7 rings (SSSR count). The molecule has 310 valence electrons. The fourth-order valence-corrected chi connectivity index (χ4v) is 8.78. The van der Waals surface area contributed by atoms with Crippen LogP contribution < -0.4 is 9.86 Å². The first kappa shape index (κ1) is 42.9. The normalized spacial score (nSPS) is 16.8. The Hall–Kier alpha value is -5.69. The number of methoxy groups -OCH3 is 1. The van der Waals surface area contributed by atoms with E-state index in [1.165, 1.54) is 52.4 Å². The monoisotopic (exact) mass is 874 g/mol. The van der Waals surface area contributed by atoms with Gasteiger partial charge in [-0.1, -0.05) is 53.5 Å². The summed E-state index contributed by atoms with van der Waals surface area (Å²) in [7, 11) is -3.26. The highest BCUT2D eigenvalue weighted by Gasteiger charge is 2.48. The van der Waals surface area contributed by atoms with E-state index in [2.05, 4.69) is 9.88 Å². The van der Waals surface area contributed by atoms with Crippen molar-refractivity contribution in [3.63, 3.8) is 0 Å². The van der Waals surface area contributed by atoms with E-state index in [1.807, 2.05) is 10.8 Å². The second-order valence-electron chi connectivity index (χ2n) is 13.3. The molecule has 0 radical (unpaired) electrons. The average Bonchev–Trinajstić information content (AvgIpc) is 3.88. The van der Waals surface area contributed by atoms with E-state index in [1.54, 1.807) is 66.0 Å². The van der Waals surface area contributed by atoms with E-state index in [9.17, 15) is 36.0 Å². The highest BCUT2D eigenvalue weighted by molar-refractivity contribution is 7.92. The number of rotatable bonds is 9. The number of hydrogen-bond donors (Lipinski definition) is 1. The molecule has 2 aliphatic rings. The van der Waals surface area contributed by atoms with Gasteiger partial charge in [-0.3, -0.25) is 19.1 Å². The highest BCUT2D eigenvalue weighted by atomic mass is 35.5. The number of carbonyl (C=O) groups is 3. The lowest BCUT2D eigenvalue weighted by Crippen LogP contribution is -2.50. The number of hydrogen-bond acceptors (Lipinski definition) is 9. The molecule has 14 nitrogen and oxygen atoms in total. The third kappa shape index (κ3) is 9.30. The van der Waals surface area contributed by atoms with Crippen molar-refractivity contribution in [1.29, 1.82) is 0 Å². The number of nitrogens with zero attached hydrogens (tertiary/aromatic N) is 6. The third-order valence-electron chi connectivity index (χ3n) is 9.75. The van der Waals surface area contributed by atoms with Crippen LogP contribution >= 0.6 is 23.2 Å². The maximum atomic E-state index is 14.8. The van der Waals surface area contributed by atoms with Crippen LogP contribution in [0.5, 0.6) is 0 Å². The summed E-state index contributed by atoms with van der Waals surface area (Å²) in [4.78, 5) is 57.9. The topological polar surface area (TPSA) is 164 Å². The number of pyridine rings is 1. The van der Waals surface area contributed by atoms with E-state index in [-0.39, 0.29) is 21.8 Å². The predicted molar refractivity (Wildman–Crippen MR) is 210 cm³/mol. The molecule has 0 unspecified atom stereocenters. The number of carboxylic acids is 1. The Morgan fingerprint density at radius 2 is 1.46 bits per heavy atom. The summed E-state index contributed by atoms with van der Waals surface area (Å²) >= 11 is 12.5. The maximum absolute atomic E-state index is 14.8. The van der Waals surface area contributed by atoms with Crippen LogP contribution in [0.25, 0.3) is 0 Å². The first-order chi connectivity index (χ1) is 28.0. The zero-order valence-electron chi connectivity index (χ0n) is 31.0. The fraction of sp³-hybridized carbons (Fsp3) is 0.256. The van der Waals surface area contributed by atoms with Crippen molar-refractivity contribution < 1.29 is 45.8 Å². The van der Waals surface area contributed by atoms with Crippen LogP contribution in [0.1, 0.15) is 43.9 Å². The van der Waals surface area contributed by atoms with Crippen molar-refractivity contribution >= 4 is 56.9 Å². The fourth-order valence-electron chi connectivity index (χ4n) is 6.84. The Morgan fingerprint density at radius 1 is 0.864 bits per heavy atom. The summed E-state index contributed by atoms with van der Waals surface area (Å²) in [6.07, 6.45) is 0.321. The minimum absolute atomic E-state index is 0.0419. The molecule has 0 saturated carbocycles. The standard InChI is InChI=1S/C37H34Cl2N6O6S.C2HF3O2/c1-51-37(48)27-3-2-4-30(23-27)52(49,50)45-32-14-13-31(35(46)43-21-19-41(20-22-43)17-18-42-16-15-40-24-42)36(47)44(32)33(25-5-9-28(38)10-6-25)34(45)26-7-11-29(39)12-8-26;3-2(4,5)1(6)7/h2-16,23-24,33-34H,17-22H2,1H3;(H,6,7)/t33-,34+;/m0./s1. The van der Waals surface area contributed by atoms with Gasteiger partial charge in [0.05, 0.1) is 36.0 Å². The predicted octanol–water partition coefficient (Wildman–Crippen LogP) is 5.77. The molecule has 0 bridgehead atoms. The molecule has 3 aromatic carbocycles. The zero-order chi connectivity index (χ0) is 42.6. The molecule has 1 saturated heterocycles. The van der Waals surface area contributed by atoms with Gasteiger partial charge in [0.15, 0.2) is 0 Å². The Labute approximate surface area is 345 Å². The molecule has 2 aliphatic heterocycles. The lowest BCUT2D eigenvalue weighted by Gasteiger charge is -2.34. The van der Waals surface area contributed by atoms with Crippen molar-refractivity contribution in [1.82, 2.24) is 23.9 Å². The maximum Gasteiger partial charge on any atom is 0.490 e. The molecule has 1 N–H and O–H groups in total. The molecule has 1 fully saturated rings. The van der Waals surface area contributed by atoms with Gasteiger partial charge in [-0.15, -0.1) is 0 Å². The van der Waals surface area contributed by atoms with Crippen LogP contribution in [0.2, 0.25) is 10.0 Å². The summed E-state index contributed by atoms with van der Waals surface area (Å²) in [5.74, 6) is -3.84. The van der Waals surface area contributed by atoms with E-state index in [4.69, 9.17) is 37.8 Å². The van der Waals surface area contributed by atoms with Crippen LogP contribution in [-0.2, 0) is 26.1 Å². The smallest absolute Gasteiger partial charge is 0.475 e. The second kappa shape index (κ2) is 17.7. The van der Waals surface area contributed by atoms with Gasteiger partial charge in [-0.25, -0.2) is 27.3 Å². The highest BCUT2D eigenvalue weighted by Crippen LogP contribution is 2.49. The Balaban J connectivity index is 0.000000768. The van der Waals surface area contributed by atoms with Crippen molar-refractivity contribution in [3.8, 4) is 0 Å². The number of aliphatic carboxylic acids is 1. The second-order valence-corrected chi connectivity index (χ2v) is 16.0. The van der Waals surface area contributed by atoms with Gasteiger partial charge in [0, 0.05) is 61.7 Å². The lowest BCUT2D eigenvalue weighted by molar-refractivity contribution is -0.192. The quantitative estimate of drug-likeness (QED) is 0.180. The number of ether oxygens (including phenoxy) is 1. The largest absolute Gasteiger partial charge is 0.490 e. The van der Waals surface area contributed by atoms with E-state index in [0.717, 1.165) is 13.1 Å². The van der Waals surface area contributed by atoms with Gasteiger partial charge in [-0.2, -0.15) is 13.2 Å². The molecule has 2 atom stereocenters. The first-order valence-electron chi connectivity index (χ1n) is 17.8. The van der Waals surface area contributed by atoms with Gasteiger partial charge in [-0.05, 0) is 65.7 Å². The number of benzene rings is 3. The van der Waals surface area contributed by atoms with E-state index < -0.39 is 51.7 Å². The number of imidazole rings is 1. The summed E-state index contributed by atoms with van der Waals surface area (Å²) in [5, 5.41) is 8.02. The molecule has 0 aliphatic carbocycles. The number of esters is 1. The molecular formula is C39H35Cl2F3N6O8S. The van der Waals surface area contributed by atoms with Crippen molar-refractivity contribution in [2.24, 2.45) is 0 Å². The van der Waals surface area contributed by atoms with E-state index >= 15 is 0 Å². The average molecular weight is 876 g/mol. The first-order valence-corrected chi connectivity index (χ1v) is 20.0. The Bertz CT molecular complexity index is 2500. The number of sulfonamides is 1. The molecule has 2 aromatic heterocycles. The van der Waals surface area contributed by atoms with Gasteiger partial charge < -0.3 is 19.3 Å². The molecule has 0 spiro atoms. The molecular weight excluding hydrogens is 840 g/mol. The number of amides is 1. The molecule has 20 heteroatoms. The van der Waals surface area contributed by atoms with Crippen molar-refractivity contribution in [2.75, 3.05) is 44.1 Å². The van der Waals surface area contributed by atoms with Crippen LogP contribution in [0.4, 0.5) is 19.0 Å². The number of aromatic nitrogens is 3. The third-order valence-corrected chi connectivity index (χ3v) is 12.0. The number of halogens is 5. The van der Waals surface area contributed by atoms with Gasteiger partial charge in [0.2, 0.25) is 0 Å². The van der Waals surface area contributed by atoms with E-state index in [0.29, 0.717) is 47.4 Å². The number of carboxylic acid groups (broad SMARTS) is 1. The summed E-state index contributed by atoms with van der Waals surface area (Å²) in [6.45, 7) is 3.68. The number of alkyl halides is 3. The van der Waals surface area contributed by atoms with Crippen molar-refractivity contribution in [2.45, 2.75) is 29.7 Å². The molecule has 4 heterocycles. The van der Waals surface area contributed by atoms with Gasteiger partial charge >= 0.3 is 18.1 Å². The summed E-state index contributed by atoms with van der Waals surface area (Å²) < 4.78 is 70.7. The van der Waals surface area contributed by atoms with Crippen LogP contribution in [-0.4, -0.2) is 101 Å². The lowest BCUT2D eigenvalue weighted by atomic mass is 9.94. The van der Waals surface area contributed by atoms with Crippen LogP contribution in [0, 0.1) is 0 Å². The number of anilines is 1. The van der Waals surface area contributed by atoms with Crippen LogP contribution in [0.15, 0.2) is 113 Å². The SMILES string of the molecule is COC(=O)c1cccc(S(=O)(=O)N2c3ccc(C(=O)N4CCN(CCn5ccnc5)CC4)c(=O)n3[C@@H](c3ccc(Cl)cc3)[C@H]2c2ccc(Cl)cc2)c1.O=C(O)C(F)(F)F. The number of fused-ring (bicyclic) bond motifs is 1. The van der Waals surface area contributed by atoms with Gasteiger partial charge in [0.1, 0.15) is 11.4 Å². The zero-order valence-corrected chi connectivity index (χ0v) is 33.3. The summed E-state index contributed by atoms with van der Waals surface area (Å²) in [5.41, 5.74) is 0.464. The molecule has 59 heavy (non-hydrogen) atoms. The van der Waals surface area contributed by atoms with Gasteiger partial charge in [0.25, 0.3) is 21.5 Å². The Kier molecular flexibility index (Phi) is 12.8. The molecule has 5 aromatic rings. The van der Waals surface area contributed by atoms with Crippen LogP contribution in [0.3, 0.4) is 0 Å². The minimum atomic E-state index is -5.08. The number of piperazine rings is 1. The summed E-state index contributed by atoms with van der Waals surface area (Å²) in [6, 6.07) is 20.0.